The van der Waals surface area contributed by atoms with Crippen molar-refractivity contribution in [1.82, 2.24) is 4.90 Å². The van der Waals surface area contributed by atoms with Crippen LogP contribution in [-0.4, -0.2) is 29.2 Å². The summed E-state index contributed by atoms with van der Waals surface area (Å²) in [4.78, 5) is 15.4. The Hall–Kier alpha value is -0.510. The lowest BCUT2D eigenvalue weighted by molar-refractivity contribution is 0.0256. The van der Waals surface area contributed by atoms with Crippen LogP contribution in [0.1, 0.15) is 33.6 Å². The van der Waals surface area contributed by atoms with Crippen LogP contribution in [0.2, 0.25) is 0 Å². The molecule has 0 aliphatic carbocycles. The van der Waals surface area contributed by atoms with Crippen molar-refractivity contribution in [2.24, 2.45) is 0 Å². The second kappa shape index (κ2) is 5.01. The number of likely N-dealkylation sites (tertiary alicyclic amines) is 1. The molecule has 0 aromatic carbocycles. The number of nitrogens with zero attached hydrogens (tertiary/aromatic N) is 1. The van der Waals surface area contributed by atoms with Crippen LogP contribution in [0.3, 0.4) is 0 Å². The Morgan fingerprint density at radius 3 is 2.73 bits per heavy atom. The monoisotopic (exact) mass is 275 g/mol. The van der Waals surface area contributed by atoms with Gasteiger partial charge < -0.3 is 9.64 Å². The first kappa shape index (κ1) is 12.6. The number of rotatable bonds is 1. The standard InChI is InChI=1S/C11H18BrNO2/c1-11(2,3)15-10(14)13-8-4-5-9(13)6-7-12/h6-7,9H,4-5,8H2,1-3H3/b7-6-/t9-/m1/s1. The van der Waals surface area contributed by atoms with Crippen molar-refractivity contribution in [3.63, 3.8) is 0 Å². The molecule has 0 aromatic heterocycles. The van der Waals surface area contributed by atoms with Crippen molar-refractivity contribution >= 4 is 22.0 Å². The maximum Gasteiger partial charge on any atom is 0.410 e. The summed E-state index contributed by atoms with van der Waals surface area (Å²) < 4.78 is 5.34. The van der Waals surface area contributed by atoms with Crippen molar-refractivity contribution in [1.29, 1.82) is 0 Å². The fourth-order valence-electron chi connectivity index (χ4n) is 1.62. The molecule has 3 nitrogen and oxygen atoms in total. The zero-order valence-electron chi connectivity index (χ0n) is 9.50. The molecule has 1 aliphatic rings. The van der Waals surface area contributed by atoms with E-state index in [4.69, 9.17) is 4.74 Å². The molecule has 1 amide bonds. The van der Waals surface area contributed by atoms with Crippen molar-refractivity contribution in [2.75, 3.05) is 6.54 Å². The van der Waals surface area contributed by atoms with Crippen LogP contribution in [0, 0.1) is 0 Å². The van der Waals surface area contributed by atoms with E-state index in [1.807, 2.05) is 26.8 Å². The zero-order chi connectivity index (χ0) is 11.5. The molecule has 1 rings (SSSR count). The first-order valence-corrected chi connectivity index (χ1v) is 6.12. The highest BCUT2D eigenvalue weighted by Gasteiger charge is 2.30. The zero-order valence-corrected chi connectivity index (χ0v) is 11.1. The summed E-state index contributed by atoms with van der Waals surface area (Å²) >= 11 is 3.24. The van der Waals surface area contributed by atoms with Gasteiger partial charge in [-0.25, -0.2) is 4.79 Å². The summed E-state index contributed by atoms with van der Waals surface area (Å²) in [6.45, 7) is 6.44. The normalized spacial score (nSPS) is 22.4. The van der Waals surface area contributed by atoms with Crippen LogP contribution < -0.4 is 0 Å². The molecule has 0 N–H and O–H groups in total. The maximum absolute atomic E-state index is 11.8. The smallest absolute Gasteiger partial charge is 0.410 e. The van der Waals surface area contributed by atoms with Gasteiger partial charge in [0.1, 0.15) is 5.60 Å². The minimum Gasteiger partial charge on any atom is -0.444 e. The van der Waals surface area contributed by atoms with Gasteiger partial charge in [-0.3, -0.25) is 0 Å². The third-order valence-corrected chi connectivity index (χ3v) is 2.53. The third kappa shape index (κ3) is 3.86. The summed E-state index contributed by atoms with van der Waals surface area (Å²) in [5.74, 6) is 0. The molecule has 1 saturated heterocycles. The molecule has 0 radical (unpaired) electrons. The van der Waals surface area contributed by atoms with E-state index in [-0.39, 0.29) is 12.1 Å². The van der Waals surface area contributed by atoms with Gasteiger partial charge in [0.2, 0.25) is 0 Å². The van der Waals surface area contributed by atoms with Crippen molar-refractivity contribution in [3.8, 4) is 0 Å². The Balaban J connectivity index is 2.59. The van der Waals surface area contributed by atoms with Crippen LogP contribution in [0.4, 0.5) is 4.79 Å². The highest BCUT2D eigenvalue weighted by molar-refractivity contribution is 9.11. The molecule has 1 fully saturated rings. The molecule has 0 spiro atoms. The van der Waals surface area contributed by atoms with E-state index in [0.717, 1.165) is 19.4 Å². The van der Waals surface area contributed by atoms with Crippen LogP contribution in [0.15, 0.2) is 11.1 Å². The molecule has 1 aliphatic heterocycles. The van der Waals surface area contributed by atoms with E-state index in [1.165, 1.54) is 0 Å². The lowest BCUT2D eigenvalue weighted by Gasteiger charge is -2.27. The second-order valence-corrected chi connectivity index (χ2v) is 5.23. The molecule has 1 atom stereocenters. The summed E-state index contributed by atoms with van der Waals surface area (Å²) in [5.41, 5.74) is -0.414. The quantitative estimate of drug-likeness (QED) is 0.735. The number of hydrogen-bond acceptors (Lipinski definition) is 2. The van der Waals surface area contributed by atoms with Crippen molar-refractivity contribution in [3.05, 3.63) is 11.1 Å². The number of carbonyl (C=O) groups excluding carboxylic acids is 1. The molecule has 0 saturated carbocycles. The van der Waals surface area contributed by atoms with E-state index in [2.05, 4.69) is 15.9 Å². The average molecular weight is 276 g/mol. The van der Waals surface area contributed by atoms with Gasteiger partial charge in [-0.05, 0) is 38.6 Å². The van der Waals surface area contributed by atoms with Crippen molar-refractivity contribution < 1.29 is 9.53 Å². The van der Waals surface area contributed by atoms with Gasteiger partial charge >= 0.3 is 6.09 Å². The first-order valence-electron chi connectivity index (χ1n) is 5.20. The molecular weight excluding hydrogens is 258 g/mol. The average Bonchev–Trinajstić information content (AvgIpc) is 2.49. The number of hydrogen-bond donors (Lipinski definition) is 0. The molecule has 86 valence electrons. The van der Waals surface area contributed by atoms with Gasteiger partial charge in [-0.1, -0.05) is 22.0 Å². The van der Waals surface area contributed by atoms with Gasteiger partial charge in [0, 0.05) is 6.54 Å². The van der Waals surface area contributed by atoms with E-state index in [1.54, 1.807) is 9.89 Å². The minimum absolute atomic E-state index is 0.180. The first-order chi connectivity index (χ1) is 6.94. The second-order valence-electron chi connectivity index (χ2n) is 4.70. The lowest BCUT2D eigenvalue weighted by Crippen LogP contribution is -2.38. The summed E-state index contributed by atoms with van der Waals surface area (Å²) in [6.07, 6.45) is 3.83. The summed E-state index contributed by atoms with van der Waals surface area (Å²) in [7, 11) is 0. The topological polar surface area (TPSA) is 29.5 Å². The Bertz CT molecular complexity index is 258. The Labute approximate surface area is 99.6 Å². The summed E-state index contributed by atoms with van der Waals surface area (Å²) in [5, 5.41) is 0. The highest BCUT2D eigenvalue weighted by Crippen LogP contribution is 2.21. The predicted octanol–water partition coefficient (Wildman–Crippen LogP) is 3.29. The number of carbonyl (C=O) groups is 1. The molecular formula is C11H18BrNO2. The third-order valence-electron chi connectivity index (χ3n) is 2.22. The fraction of sp³-hybridized carbons (Fsp3) is 0.727. The van der Waals surface area contributed by atoms with Gasteiger partial charge in [-0.15, -0.1) is 0 Å². The van der Waals surface area contributed by atoms with Gasteiger partial charge in [-0.2, -0.15) is 0 Å². The van der Waals surface area contributed by atoms with Crippen LogP contribution in [0.5, 0.6) is 0 Å². The molecule has 0 bridgehead atoms. The van der Waals surface area contributed by atoms with E-state index >= 15 is 0 Å². The SMILES string of the molecule is CC(C)(C)OC(=O)N1CCC[C@@H]1/C=C\Br. The minimum atomic E-state index is -0.414. The Kier molecular flexibility index (Phi) is 4.20. The molecule has 1 heterocycles. The van der Waals surface area contributed by atoms with Gasteiger partial charge in [0.15, 0.2) is 0 Å². The van der Waals surface area contributed by atoms with Gasteiger partial charge in [0.25, 0.3) is 0 Å². The molecule has 0 unspecified atom stereocenters. The van der Waals surface area contributed by atoms with Crippen LogP contribution in [-0.2, 0) is 4.74 Å². The number of amides is 1. The number of halogens is 1. The van der Waals surface area contributed by atoms with E-state index < -0.39 is 5.60 Å². The van der Waals surface area contributed by atoms with Crippen LogP contribution in [0.25, 0.3) is 0 Å². The molecule has 0 aromatic rings. The summed E-state index contributed by atoms with van der Waals surface area (Å²) in [6, 6.07) is 0.180. The predicted molar refractivity (Wildman–Crippen MR) is 64.0 cm³/mol. The Morgan fingerprint density at radius 1 is 1.53 bits per heavy atom. The van der Waals surface area contributed by atoms with E-state index in [0.29, 0.717) is 0 Å². The van der Waals surface area contributed by atoms with Crippen molar-refractivity contribution in [2.45, 2.75) is 45.3 Å². The van der Waals surface area contributed by atoms with Crippen LogP contribution >= 0.6 is 15.9 Å². The lowest BCUT2D eigenvalue weighted by atomic mass is 10.2. The van der Waals surface area contributed by atoms with Gasteiger partial charge in [0.05, 0.1) is 6.04 Å². The highest BCUT2D eigenvalue weighted by atomic mass is 79.9. The molecule has 4 heteroatoms. The van der Waals surface area contributed by atoms with E-state index in [9.17, 15) is 4.79 Å². The largest absolute Gasteiger partial charge is 0.444 e. The molecule has 15 heavy (non-hydrogen) atoms. The number of ether oxygens (including phenoxy) is 1. The fourth-order valence-corrected chi connectivity index (χ4v) is 1.98. The Morgan fingerprint density at radius 2 is 2.20 bits per heavy atom. The maximum atomic E-state index is 11.8.